The summed E-state index contributed by atoms with van der Waals surface area (Å²) in [5, 5.41) is 0.296. The molecular weight excluding hydrogens is 355 g/mol. The molecule has 0 radical (unpaired) electrons. The van der Waals surface area contributed by atoms with Gasteiger partial charge in [-0.25, -0.2) is 4.39 Å². The van der Waals surface area contributed by atoms with Crippen LogP contribution < -0.4 is 5.73 Å². The molecule has 1 aliphatic rings. The van der Waals surface area contributed by atoms with Gasteiger partial charge in [0.05, 0.1) is 10.9 Å². The summed E-state index contributed by atoms with van der Waals surface area (Å²) in [6.45, 7) is 2.61. The topological polar surface area (TPSA) is 63.4 Å². The maximum absolute atomic E-state index is 13.6. The molecule has 2 amide bonds. The number of primary amides is 1. The maximum Gasteiger partial charge on any atom is 0.253 e. The SMILES string of the molecule is Cc1cc(-c2cccc(C(=O)N3CCC[C@@H](C(N)=O)C3)c2)c(Cl)cc1F. The van der Waals surface area contributed by atoms with Crippen molar-refractivity contribution in [2.24, 2.45) is 11.7 Å². The van der Waals surface area contributed by atoms with Crippen molar-refractivity contribution < 1.29 is 14.0 Å². The quantitative estimate of drug-likeness (QED) is 0.888. The van der Waals surface area contributed by atoms with Gasteiger partial charge in [-0.05, 0) is 55.2 Å². The molecule has 2 aromatic rings. The summed E-state index contributed by atoms with van der Waals surface area (Å²) in [6, 6.07) is 10.0. The highest BCUT2D eigenvalue weighted by molar-refractivity contribution is 6.33. The van der Waals surface area contributed by atoms with Crippen LogP contribution in [0.4, 0.5) is 4.39 Å². The van der Waals surface area contributed by atoms with Crippen LogP contribution in [0.25, 0.3) is 11.1 Å². The summed E-state index contributed by atoms with van der Waals surface area (Å²) in [5.74, 6) is -1.18. The lowest BCUT2D eigenvalue weighted by Crippen LogP contribution is -2.44. The molecule has 0 aliphatic carbocycles. The van der Waals surface area contributed by atoms with Gasteiger partial charge in [0.25, 0.3) is 5.91 Å². The Morgan fingerprint density at radius 2 is 2.04 bits per heavy atom. The Kier molecular flexibility index (Phi) is 5.28. The molecular formula is C20H20ClFN2O2. The summed E-state index contributed by atoms with van der Waals surface area (Å²) in [7, 11) is 0. The molecule has 1 fully saturated rings. The van der Waals surface area contributed by atoms with E-state index in [1.54, 1.807) is 36.1 Å². The van der Waals surface area contributed by atoms with Crippen LogP contribution in [0.3, 0.4) is 0 Å². The van der Waals surface area contributed by atoms with E-state index in [1.165, 1.54) is 6.07 Å². The molecule has 0 bridgehead atoms. The zero-order valence-electron chi connectivity index (χ0n) is 14.5. The maximum atomic E-state index is 13.6. The van der Waals surface area contributed by atoms with Crippen molar-refractivity contribution in [1.29, 1.82) is 0 Å². The highest BCUT2D eigenvalue weighted by Crippen LogP contribution is 2.31. The molecule has 0 saturated carbocycles. The molecule has 1 heterocycles. The van der Waals surface area contributed by atoms with Gasteiger partial charge in [0.2, 0.25) is 5.91 Å². The smallest absolute Gasteiger partial charge is 0.253 e. The molecule has 2 N–H and O–H groups in total. The molecule has 6 heteroatoms. The Morgan fingerprint density at radius 3 is 2.77 bits per heavy atom. The molecule has 4 nitrogen and oxygen atoms in total. The molecule has 1 saturated heterocycles. The lowest BCUT2D eigenvalue weighted by atomic mass is 9.96. The molecule has 26 heavy (non-hydrogen) atoms. The van der Waals surface area contributed by atoms with Crippen molar-refractivity contribution in [2.75, 3.05) is 13.1 Å². The lowest BCUT2D eigenvalue weighted by Gasteiger charge is -2.31. The van der Waals surface area contributed by atoms with E-state index in [9.17, 15) is 14.0 Å². The fourth-order valence-electron chi connectivity index (χ4n) is 3.27. The van der Waals surface area contributed by atoms with Crippen LogP contribution >= 0.6 is 11.6 Å². The van der Waals surface area contributed by atoms with Crippen LogP contribution in [0.15, 0.2) is 36.4 Å². The number of piperidine rings is 1. The molecule has 136 valence electrons. The number of halogens is 2. The van der Waals surface area contributed by atoms with E-state index >= 15 is 0 Å². The summed E-state index contributed by atoms with van der Waals surface area (Å²) in [5.41, 5.74) is 7.80. The van der Waals surface area contributed by atoms with Gasteiger partial charge in [-0.3, -0.25) is 9.59 Å². The number of benzene rings is 2. The zero-order chi connectivity index (χ0) is 18.8. The van der Waals surface area contributed by atoms with Crippen molar-refractivity contribution in [1.82, 2.24) is 4.90 Å². The Labute approximate surface area is 156 Å². The van der Waals surface area contributed by atoms with E-state index in [2.05, 4.69) is 0 Å². The van der Waals surface area contributed by atoms with Crippen molar-refractivity contribution in [2.45, 2.75) is 19.8 Å². The van der Waals surface area contributed by atoms with E-state index in [-0.39, 0.29) is 23.5 Å². The first-order valence-corrected chi connectivity index (χ1v) is 8.89. The minimum absolute atomic E-state index is 0.146. The van der Waals surface area contributed by atoms with Gasteiger partial charge in [-0.15, -0.1) is 0 Å². The van der Waals surface area contributed by atoms with Gasteiger partial charge >= 0.3 is 0 Å². The average molecular weight is 375 g/mol. The second kappa shape index (κ2) is 7.46. The van der Waals surface area contributed by atoms with E-state index in [0.717, 1.165) is 12.0 Å². The van der Waals surface area contributed by atoms with Crippen LogP contribution in [0, 0.1) is 18.7 Å². The Balaban J connectivity index is 1.89. The summed E-state index contributed by atoms with van der Waals surface area (Å²) in [4.78, 5) is 25.9. The first kappa shape index (κ1) is 18.4. The third-order valence-corrected chi connectivity index (χ3v) is 5.09. The molecule has 1 aliphatic heterocycles. The number of nitrogens with two attached hydrogens (primary N) is 1. The normalized spacial score (nSPS) is 17.2. The van der Waals surface area contributed by atoms with Crippen LogP contribution in [-0.2, 0) is 4.79 Å². The molecule has 3 rings (SSSR count). The van der Waals surface area contributed by atoms with Crippen LogP contribution in [0.2, 0.25) is 5.02 Å². The van der Waals surface area contributed by atoms with E-state index < -0.39 is 0 Å². The van der Waals surface area contributed by atoms with Gasteiger partial charge in [0, 0.05) is 24.2 Å². The first-order valence-electron chi connectivity index (χ1n) is 8.51. The van der Waals surface area contributed by atoms with Crippen LogP contribution in [0.5, 0.6) is 0 Å². The summed E-state index contributed by atoms with van der Waals surface area (Å²) in [6.07, 6.45) is 1.46. The van der Waals surface area contributed by atoms with Crippen molar-refractivity contribution >= 4 is 23.4 Å². The molecule has 1 atom stereocenters. The minimum Gasteiger partial charge on any atom is -0.369 e. The highest BCUT2D eigenvalue weighted by Gasteiger charge is 2.27. The van der Waals surface area contributed by atoms with E-state index in [1.807, 2.05) is 6.07 Å². The Hall–Kier alpha value is -2.40. The van der Waals surface area contributed by atoms with Crippen molar-refractivity contribution in [3.8, 4) is 11.1 Å². The predicted octanol–water partition coefficient (Wildman–Crippen LogP) is 3.79. The summed E-state index contributed by atoms with van der Waals surface area (Å²) >= 11 is 6.18. The number of carbonyl (C=O) groups excluding carboxylic acids is 2. The Bertz CT molecular complexity index is 869. The number of likely N-dealkylation sites (tertiary alicyclic amines) is 1. The number of hydrogen-bond acceptors (Lipinski definition) is 2. The molecule has 0 spiro atoms. The lowest BCUT2D eigenvalue weighted by molar-refractivity contribution is -0.123. The largest absolute Gasteiger partial charge is 0.369 e. The first-order chi connectivity index (χ1) is 12.4. The van der Waals surface area contributed by atoms with Crippen molar-refractivity contribution in [3.05, 3.63) is 58.4 Å². The number of carbonyl (C=O) groups is 2. The predicted molar refractivity (Wildman–Crippen MR) is 99.4 cm³/mol. The van der Waals surface area contributed by atoms with Gasteiger partial charge in [0.1, 0.15) is 5.82 Å². The van der Waals surface area contributed by atoms with Crippen LogP contribution in [0.1, 0.15) is 28.8 Å². The number of nitrogens with zero attached hydrogens (tertiary/aromatic N) is 1. The number of hydrogen-bond donors (Lipinski definition) is 1. The summed E-state index contributed by atoms with van der Waals surface area (Å²) < 4.78 is 13.6. The Morgan fingerprint density at radius 1 is 1.27 bits per heavy atom. The van der Waals surface area contributed by atoms with Gasteiger partial charge < -0.3 is 10.6 Å². The zero-order valence-corrected chi connectivity index (χ0v) is 15.2. The van der Waals surface area contributed by atoms with Crippen molar-refractivity contribution in [3.63, 3.8) is 0 Å². The second-order valence-electron chi connectivity index (χ2n) is 6.65. The number of aryl methyl sites for hydroxylation is 1. The second-order valence-corrected chi connectivity index (χ2v) is 7.06. The molecule has 0 aromatic heterocycles. The third-order valence-electron chi connectivity index (χ3n) is 4.78. The van der Waals surface area contributed by atoms with Gasteiger partial charge in [-0.2, -0.15) is 0 Å². The van der Waals surface area contributed by atoms with Crippen LogP contribution in [-0.4, -0.2) is 29.8 Å². The minimum atomic E-state index is -0.371. The molecule has 2 aromatic carbocycles. The number of rotatable bonds is 3. The van der Waals surface area contributed by atoms with Gasteiger partial charge in [0.15, 0.2) is 0 Å². The standard InChI is InChI=1S/C20H20ClFN2O2/c1-12-8-16(17(21)10-18(12)22)13-4-2-5-14(9-13)20(26)24-7-3-6-15(11-24)19(23)25/h2,4-5,8-10,15H,3,6-7,11H2,1H3,(H2,23,25)/t15-/m1/s1. The third kappa shape index (κ3) is 3.73. The monoisotopic (exact) mass is 374 g/mol. The fraction of sp³-hybridized carbons (Fsp3) is 0.300. The fourth-order valence-corrected chi connectivity index (χ4v) is 3.53. The van der Waals surface area contributed by atoms with E-state index in [4.69, 9.17) is 17.3 Å². The van der Waals surface area contributed by atoms with Gasteiger partial charge in [-0.1, -0.05) is 23.7 Å². The van der Waals surface area contributed by atoms with E-state index in [0.29, 0.717) is 41.2 Å². The highest BCUT2D eigenvalue weighted by atomic mass is 35.5. The number of amides is 2. The molecule has 0 unspecified atom stereocenters. The average Bonchev–Trinajstić information content (AvgIpc) is 2.64.